The molecule has 0 aliphatic heterocycles. The van der Waals surface area contributed by atoms with Gasteiger partial charge in [0.1, 0.15) is 23.5 Å². The lowest BCUT2D eigenvalue weighted by Crippen LogP contribution is -2.24. The molecule has 1 aromatic rings. The molecule has 0 bridgehead atoms. The Labute approximate surface area is 102 Å². The molecule has 0 saturated heterocycles. The number of ether oxygens (including phenoxy) is 2. The van der Waals surface area contributed by atoms with E-state index in [1.165, 1.54) is 0 Å². The second-order valence-electron chi connectivity index (χ2n) is 4.60. The van der Waals surface area contributed by atoms with Crippen LogP contribution in [-0.2, 0) is 4.74 Å². The van der Waals surface area contributed by atoms with Crippen LogP contribution >= 0.6 is 0 Å². The Balaban J connectivity index is 2.88. The number of rotatable bonds is 4. The third-order valence-electron chi connectivity index (χ3n) is 1.86. The lowest BCUT2D eigenvalue weighted by Gasteiger charge is -2.20. The fraction of sp³-hybridized carbons (Fsp3) is 0.357. The normalized spacial score (nSPS) is 10.8. The van der Waals surface area contributed by atoms with Gasteiger partial charge in [-0.2, -0.15) is 0 Å². The van der Waals surface area contributed by atoms with Crippen LogP contribution in [0.25, 0.3) is 0 Å². The predicted molar refractivity (Wildman–Crippen MR) is 67.3 cm³/mol. The van der Waals surface area contributed by atoms with Gasteiger partial charge in [-0.05, 0) is 32.9 Å². The minimum absolute atomic E-state index is 0.361. The van der Waals surface area contributed by atoms with Crippen LogP contribution in [0.4, 0.5) is 0 Å². The number of hydrogen-bond donors (Lipinski definition) is 0. The molecule has 0 atom stereocenters. The maximum Gasteiger partial charge on any atom is 0.342 e. The summed E-state index contributed by atoms with van der Waals surface area (Å²) < 4.78 is 10.7. The van der Waals surface area contributed by atoms with Crippen LogP contribution in [0.15, 0.2) is 36.9 Å². The van der Waals surface area contributed by atoms with Crippen molar-refractivity contribution >= 4 is 5.97 Å². The molecule has 0 N–H and O–H groups in total. The van der Waals surface area contributed by atoms with Gasteiger partial charge in [0.25, 0.3) is 0 Å². The van der Waals surface area contributed by atoms with Crippen molar-refractivity contribution in [2.75, 3.05) is 6.61 Å². The Morgan fingerprint density at radius 3 is 2.59 bits per heavy atom. The SMILES string of the molecule is C=CCOc1ccccc1C(=O)OC(C)(C)C. The van der Waals surface area contributed by atoms with Gasteiger partial charge in [-0.1, -0.05) is 24.8 Å². The Bertz CT molecular complexity index is 402. The van der Waals surface area contributed by atoms with Crippen LogP contribution in [0.3, 0.4) is 0 Å². The summed E-state index contributed by atoms with van der Waals surface area (Å²) in [4.78, 5) is 11.9. The highest BCUT2D eigenvalue weighted by Gasteiger charge is 2.20. The third kappa shape index (κ3) is 4.31. The first kappa shape index (κ1) is 13.3. The summed E-state index contributed by atoms with van der Waals surface area (Å²) in [5, 5.41) is 0. The molecule has 92 valence electrons. The fourth-order valence-electron chi connectivity index (χ4n) is 1.24. The zero-order valence-corrected chi connectivity index (χ0v) is 10.5. The molecule has 1 aromatic carbocycles. The van der Waals surface area contributed by atoms with E-state index in [1.807, 2.05) is 26.8 Å². The van der Waals surface area contributed by atoms with E-state index in [1.54, 1.807) is 24.3 Å². The largest absolute Gasteiger partial charge is 0.489 e. The second kappa shape index (κ2) is 5.53. The van der Waals surface area contributed by atoms with Gasteiger partial charge in [0.2, 0.25) is 0 Å². The number of para-hydroxylation sites is 1. The van der Waals surface area contributed by atoms with Crippen molar-refractivity contribution in [3.8, 4) is 5.75 Å². The van der Waals surface area contributed by atoms with Crippen LogP contribution in [0.5, 0.6) is 5.75 Å². The minimum Gasteiger partial charge on any atom is -0.489 e. The zero-order valence-electron chi connectivity index (χ0n) is 10.5. The van der Waals surface area contributed by atoms with Gasteiger partial charge in [-0.15, -0.1) is 0 Å². The van der Waals surface area contributed by atoms with Crippen molar-refractivity contribution in [2.24, 2.45) is 0 Å². The van der Waals surface area contributed by atoms with Crippen LogP contribution in [0, 0.1) is 0 Å². The number of hydrogen-bond acceptors (Lipinski definition) is 3. The molecule has 1 rings (SSSR count). The van der Waals surface area contributed by atoms with Crippen LogP contribution in [-0.4, -0.2) is 18.2 Å². The van der Waals surface area contributed by atoms with E-state index in [-0.39, 0.29) is 5.97 Å². The fourth-order valence-corrected chi connectivity index (χ4v) is 1.24. The molecule has 0 aliphatic rings. The molecule has 0 saturated carbocycles. The first-order valence-electron chi connectivity index (χ1n) is 5.50. The number of benzene rings is 1. The smallest absolute Gasteiger partial charge is 0.342 e. The summed E-state index contributed by atoms with van der Waals surface area (Å²) in [7, 11) is 0. The molecule has 0 aromatic heterocycles. The molecule has 0 heterocycles. The summed E-state index contributed by atoms with van der Waals surface area (Å²) >= 11 is 0. The lowest BCUT2D eigenvalue weighted by molar-refractivity contribution is 0.00662. The van der Waals surface area contributed by atoms with Crippen molar-refractivity contribution in [3.05, 3.63) is 42.5 Å². The Morgan fingerprint density at radius 1 is 1.35 bits per heavy atom. The predicted octanol–water partition coefficient (Wildman–Crippen LogP) is 3.21. The molecule has 0 spiro atoms. The van der Waals surface area contributed by atoms with Gasteiger partial charge in [0, 0.05) is 0 Å². The zero-order chi connectivity index (χ0) is 12.9. The van der Waals surface area contributed by atoms with Crippen LogP contribution in [0.2, 0.25) is 0 Å². The van der Waals surface area contributed by atoms with Gasteiger partial charge in [-0.3, -0.25) is 0 Å². The van der Waals surface area contributed by atoms with Gasteiger partial charge >= 0.3 is 5.97 Å². The Hall–Kier alpha value is -1.77. The van der Waals surface area contributed by atoms with E-state index >= 15 is 0 Å². The van der Waals surface area contributed by atoms with Crippen molar-refractivity contribution in [1.29, 1.82) is 0 Å². The van der Waals surface area contributed by atoms with Crippen LogP contribution in [0.1, 0.15) is 31.1 Å². The second-order valence-corrected chi connectivity index (χ2v) is 4.60. The summed E-state index contributed by atoms with van der Waals surface area (Å²) in [6.07, 6.45) is 1.63. The van der Waals surface area contributed by atoms with Crippen LogP contribution < -0.4 is 4.74 Å². The quantitative estimate of drug-likeness (QED) is 0.592. The molecule has 0 fully saturated rings. The molecule has 0 aliphatic carbocycles. The monoisotopic (exact) mass is 234 g/mol. The number of carbonyl (C=O) groups is 1. The third-order valence-corrected chi connectivity index (χ3v) is 1.86. The van der Waals surface area contributed by atoms with E-state index in [9.17, 15) is 4.79 Å². The minimum atomic E-state index is -0.511. The van der Waals surface area contributed by atoms with Crippen molar-refractivity contribution in [1.82, 2.24) is 0 Å². The van der Waals surface area contributed by atoms with E-state index in [0.717, 1.165) is 0 Å². The van der Waals surface area contributed by atoms with E-state index < -0.39 is 5.60 Å². The molecule has 0 radical (unpaired) electrons. The van der Waals surface area contributed by atoms with Gasteiger partial charge < -0.3 is 9.47 Å². The highest BCUT2D eigenvalue weighted by atomic mass is 16.6. The average molecular weight is 234 g/mol. The lowest BCUT2D eigenvalue weighted by atomic mass is 10.1. The summed E-state index contributed by atoms with van der Waals surface area (Å²) in [6.45, 7) is 9.42. The Morgan fingerprint density at radius 2 is 2.00 bits per heavy atom. The van der Waals surface area contributed by atoms with E-state index in [2.05, 4.69) is 6.58 Å². The molecule has 0 unspecified atom stereocenters. The highest BCUT2D eigenvalue weighted by molar-refractivity contribution is 5.92. The molecular weight excluding hydrogens is 216 g/mol. The molecule has 0 amide bonds. The Kier molecular flexibility index (Phi) is 4.32. The topological polar surface area (TPSA) is 35.5 Å². The van der Waals surface area contributed by atoms with Crippen molar-refractivity contribution < 1.29 is 14.3 Å². The molecule has 17 heavy (non-hydrogen) atoms. The highest BCUT2D eigenvalue weighted by Crippen LogP contribution is 2.21. The molecule has 3 heteroatoms. The molecular formula is C14H18O3. The van der Waals surface area contributed by atoms with E-state index in [4.69, 9.17) is 9.47 Å². The molecule has 3 nitrogen and oxygen atoms in total. The summed E-state index contributed by atoms with van der Waals surface area (Å²) in [5.74, 6) is 0.138. The maximum atomic E-state index is 11.9. The summed E-state index contributed by atoms with van der Waals surface area (Å²) in [6, 6.07) is 7.02. The first-order valence-corrected chi connectivity index (χ1v) is 5.50. The number of esters is 1. The first-order chi connectivity index (χ1) is 7.94. The number of carbonyl (C=O) groups excluding carboxylic acids is 1. The van der Waals surface area contributed by atoms with Gasteiger partial charge in [0.15, 0.2) is 0 Å². The van der Waals surface area contributed by atoms with Gasteiger partial charge in [-0.25, -0.2) is 4.79 Å². The standard InChI is InChI=1S/C14H18O3/c1-5-10-16-12-9-7-6-8-11(12)13(15)17-14(2,3)4/h5-9H,1,10H2,2-4H3. The van der Waals surface area contributed by atoms with Crippen molar-refractivity contribution in [3.63, 3.8) is 0 Å². The van der Waals surface area contributed by atoms with Gasteiger partial charge in [0.05, 0.1) is 0 Å². The van der Waals surface area contributed by atoms with Crippen molar-refractivity contribution in [2.45, 2.75) is 26.4 Å². The average Bonchev–Trinajstić information content (AvgIpc) is 2.24. The van der Waals surface area contributed by atoms with E-state index in [0.29, 0.717) is 17.9 Å². The maximum absolute atomic E-state index is 11.9. The summed E-state index contributed by atoms with van der Waals surface area (Å²) in [5.41, 5.74) is -0.0768.